The molecule has 1 aromatic heterocycles. The number of carbonyl (C=O) groups is 1. The van der Waals surface area contributed by atoms with Crippen LogP contribution in [0.5, 0.6) is 11.5 Å². The molecule has 0 saturated carbocycles. The number of hydrogen-bond acceptors (Lipinski definition) is 5. The molecule has 0 fully saturated rings. The van der Waals surface area contributed by atoms with Crippen LogP contribution in [0.25, 0.3) is 11.3 Å². The van der Waals surface area contributed by atoms with Gasteiger partial charge in [-0.05, 0) is 24.3 Å². The fourth-order valence-corrected chi connectivity index (χ4v) is 1.98. The molecule has 1 heterocycles. The molecule has 2 aromatic rings. The van der Waals surface area contributed by atoms with Crippen LogP contribution >= 0.6 is 0 Å². The summed E-state index contributed by atoms with van der Waals surface area (Å²) >= 11 is 0. The van der Waals surface area contributed by atoms with Crippen LogP contribution in [0.4, 0.5) is 32.3 Å². The smallest absolute Gasteiger partial charge is 0.422 e. The van der Waals surface area contributed by atoms with Gasteiger partial charge in [0.2, 0.25) is 11.9 Å². The van der Waals surface area contributed by atoms with Crippen molar-refractivity contribution in [3.05, 3.63) is 30.5 Å². The van der Waals surface area contributed by atoms with Gasteiger partial charge >= 0.3 is 12.4 Å². The maximum Gasteiger partial charge on any atom is 0.422 e. The lowest BCUT2D eigenvalue weighted by atomic mass is 10.1. The van der Waals surface area contributed by atoms with Crippen LogP contribution in [0, 0.1) is 0 Å². The summed E-state index contributed by atoms with van der Waals surface area (Å²) in [5, 5.41) is 2.29. The van der Waals surface area contributed by atoms with Gasteiger partial charge in [-0.3, -0.25) is 10.1 Å². The molecule has 28 heavy (non-hydrogen) atoms. The van der Waals surface area contributed by atoms with E-state index in [0.717, 1.165) is 18.2 Å². The fourth-order valence-electron chi connectivity index (χ4n) is 1.98. The zero-order valence-corrected chi connectivity index (χ0v) is 14.2. The third-order valence-electron chi connectivity index (χ3n) is 2.96. The Labute approximate surface area is 154 Å². The molecule has 0 radical (unpaired) electrons. The predicted molar refractivity (Wildman–Crippen MR) is 84.9 cm³/mol. The van der Waals surface area contributed by atoms with Gasteiger partial charge in [0.25, 0.3) is 0 Å². The molecule has 1 aromatic carbocycles. The van der Waals surface area contributed by atoms with Crippen LogP contribution in [0.2, 0.25) is 0 Å². The maximum atomic E-state index is 12.5. The Morgan fingerprint density at radius 1 is 1.04 bits per heavy atom. The molecule has 152 valence electrons. The zero-order valence-electron chi connectivity index (χ0n) is 14.2. The fraction of sp³-hybridized carbons (Fsp3) is 0.312. The van der Waals surface area contributed by atoms with E-state index in [0.29, 0.717) is 0 Å². The van der Waals surface area contributed by atoms with Crippen LogP contribution < -0.4 is 14.8 Å². The highest BCUT2D eigenvalue weighted by molar-refractivity contribution is 5.87. The summed E-state index contributed by atoms with van der Waals surface area (Å²) in [6.07, 6.45) is -8.01. The van der Waals surface area contributed by atoms with E-state index in [1.54, 1.807) is 0 Å². The molecule has 2 rings (SSSR count). The average Bonchev–Trinajstić information content (AvgIpc) is 2.57. The molecule has 12 heteroatoms. The summed E-state index contributed by atoms with van der Waals surface area (Å²) in [7, 11) is 0. The second kappa shape index (κ2) is 8.31. The van der Waals surface area contributed by atoms with Gasteiger partial charge in [0, 0.05) is 18.7 Å². The summed E-state index contributed by atoms with van der Waals surface area (Å²) in [4.78, 5) is 18.8. The molecule has 0 unspecified atom stereocenters. The van der Waals surface area contributed by atoms with E-state index in [1.807, 2.05) is 0 Å². The van der Waals surface area contributed by atoms with Gasteiger partial charge in [0.05, 0.1) is 5.69 Å². The van der Waals surface area contributed by atoms with Crippen molar-refractivity contribution in [1.29, 1.82) is 0 Å². The van der Waals surface area contributed by atoms with Crippen molar-refractivity contribution in [3.8, 4) is 22.8 Å². The topological polar surface area (TPSA) is 73.3 Å². The minimum absolute atomic E-state index is 0.00776. The number of rotatable bonds is 6. The van der Waals surface area contributed by atoms with Gasteiger partial charge in [-0.15, -0.1) is 0 Å². The molecule has 0 spiro atoms. The number of hydrogen-bond donors (Lipinski definition) is 1. The highest BCUT2D eigenvalue weighted by Gasteiger charge is 2.30. The van der Waals surface area contributed by atoms with Gasteiger partial charge in [-0.2, -0.15) is 26.3 Å². The number of alkyl halides is 6. The number of anilines is 1. The number of ether oxygens (including phenoxy) is 2. The van der Waals surface area contributed by atoms with Gasteiger partial charge in [-0.25, -0.2) is 9.97 Å². The van der Waals surface area contributed by atoms with E-state index < -0.39 is 31.5 Å². The highest BCUT2D eigenvalue weighted by atomic mass is 19.4. The first-order valence-electron chi connectivity index (χ1n) is 7.57. The molecular weight excluding hydrogens is 396 g/mol. The van der Waals surface area contributed by atoms with Gasteiger partial charge in [0.15, 0.2) is 13.2 Å². The summed E-state index contributed by atoms with van der Waals surface area (Å²) in [6, 6.07) is 4.41. The van der Waals surface area contributed by atoms with Crippen LogP contribution in [0.1, 0.15) is 6.92 Å². The molecule has 0 aliphatic carbocycles. The standard InChI is InChI=1S/C16H13F6N3O3/c1-9(26)24-14-23-5-4-12(25-14)11-6-10(27-7-15(17,18)19)2-3-13(11)28-8-16(20,21)22/h2-6H,7-8H2,1H3,(H,23,24,25,26). The Bertz CT molecular complexity index is 839. The number of amides is 1. The largest absolute Gasteiger partial charge is 0.484 e. The summed E-state index contributed by atoms with van der Waals surface area (Å²) < 4.78 is 83.7. The highest BCUT2D eigenvalue weighted by Crippen LogP contribution is 2.34. The van der Waals surface area contributed by atoms with Gasteiger partial charge < -0.3 is 9.47 Å². The SMILES string of the molecule is CC(=O)Nc1nccc(-c2cc(OCC(F)(F)F)ccc2OCC(F)(F)F)n1. The summed E-state index contributed by atoms with van der Waals surface area (Å²) in [5.41, 5.74) is -0.0636. The van der Waals surface area contributed by atoms with E-state index in [-0.39, 0.29) is 28.7 Å². The van der Waals surface area contributed by atoms with Crippen molar-refractivity contribution in [2.45, 2.75) is 19.3 Å². The second-order valence-corrected chi connectivity index (χ2v) is 5.41. The third-order valence-corrected chi connectivity index (χ3v) is 2.96. The Kier molecular flexibility index (Phi) is 6.31. The molecule has 0 bridgehead atoms. The normalized spacial score (nSPS) is 11.8. The van der Waals surface area contributed by atoms with Crippen molar-refractivity contribution in [2.75, 3.05) is 18.5 Å². The number of nitrogens with one attached hydrogen (secondary N) is 1. The molecule has 0 aliphatic heterocycles. The van der Waals surface area contributed by atoms with Crippen molar-refractivity contribution in [3.63, 3.8) is 0 Å². The van der Waals surface area contributed by atoms with Crippen LogP contribution in [-0.2, 0) is 4.79 Å². The Morgan fingerprint density at radius 3 is 2.29 bits per heavy atom. The quantitative estimate of drug-likeness (QED) is 0.731. The lowest BCUT2D eigenvalue weighted by Crippen LogP contribution is -2.20. The number of benzene rings is 1. The summed E-state index contributed by atoms with van der Waals surface area (Å²) in [6.45, 7) is -2.01. The first kappa shape index (κ1) is 21.3. The Balaban J connectivity index is 2.39. The number of carbonyl (C=O) groups excluding carboxylic acids is 1. The third kappa shape index (κ3) is 6.93. The molecule has 1 amide bonds. The summed E-state index contributed by atoms with van der Waals surface area (Å²) in [5.74, 6) is -1.18. The maximum absolute atomic E-state index is 12.5. The van der Waals surface area contributed by atoms with Gasteiger partial charge in [0.1, 0.15) is 11.5 Å². The average molecular weight is 409 g/mol. The number of halogens is 6. The molecular formula is C16H13F6N3O3. The van der Waals surface area contributed by atoms with Crippen molar-refractivity contribution >= 4 is 11.9 Å². The molecule has 0 aliphatic rings. The van der Waals surface area contributed by atoms with Gasteiger partial charge in [-0.1, -0.05) is 0 Å². The monoisotopic (exact) mass is 409 g/mol. The number of nitrogens with zero attached hydrogens (tertiary/aromatic N) is 2. The lowest BCUT2D eigenvalue weighted by Gasteiger charge is -2.15. The van der Waals surface area contributed by atoms with Crippen LogP contribution in [0.3, 0.4) is 0 Å². The van der Waals surface area contributed by atoms with E-state index >= 15 is 0 Å². The van der Waals surface area contributed by atoms with Crippen molar-refractivity contribution in [2.24, 2.45) is 0 Å². The first-order chi connectivity index (χ1) is 12.9. The van der Waals surface area contributed by atoms with E-state index in [1.165, 1.54) is 19.2 Å². The Morgan fingerprint density at radius 2 is 1.68 bits per heavy atom. The zero-order chi connectivity index (χ0) is 20.9. The first-order valence-corrected chi connectivity index (χ1v) is 7.57. The van der Waals surface area contributed by atoms with E-state index in [2.05, 4.69) is 20.0 Å². The lowest BCUT2D eigenvalue weighted by molar-refractivity contribution is -0.154. The van der Waals surface area contributed by atoms with E-state index in [9.17, 15) is 31.1 Å². The van der Waals surface area contributed by atoms with Crippen molar-refractivity contribution in [1.82, 2.24) is 9.97 Å². The predicted octanol–water partition coefficient (Wildman–Crippen LogP) is 3.98. The minimum Gasteiger partial charge on any atom is -0.484 e. The Hall–Kier alpha value is -3.05. The molecule has 0 atom stereocenters. The van der Waals surface area contributed by atoms with E-state index in [4.69, 9.17) is 4.74 Å². The second-order valence-electron chi connectivity index (χ2n) is 5.41. The van der Waals surface area contributed by atoms with Crippen LogP contribution in [0.15, 0.2) is 30.5 Å². The molecule has 1 N–H and O–H groups in total. The molecule has 0 saturated heterocycles. The van der Waals surface area contributed by atoms with Crippen LogP contribution in [-0.4, -0.2) is 41.4 Å². The minimum atomic E-state index is -4.63. The molecule has 6 nitrogen and oxygen atoms in total. The number of aromatic nitrogens is 2. The van der Waals surface area contributed by atoms with Crippen molar-refractivity contribution < 1.29 is 40.6 Å².